The molecule has 3 fully saturated rings. The number of fused-ring (bicyclic) bond motifs is 5. The third-order valence-corrected chi connectivity index (χ3v) is 5.87. The molecule has 0 amide bonds. The number of Topliss-reactive ketones (excluding diaryl/α,β-unsaturated/α-hetero) is 1. The van der Waals surface area contributed by atoms with Crippen LogP contribution < -0.4 is 0 Å². The van der Waals surface area contributed by atoms with Gasteiger partial charge < -0.3 is 0 Å². The van der Waals surface area contributed by atoms with Gasteiger partial charge in [0, 0.05) is 5.92 Å². The summed E-state index contributed by atoms with van der Waals surface area (Å²) in [6.45, 7) is 0. The summed E-state index contributed by atoms with van der Waals surface area (Å²) in [6.07, 6.45) is 3.90. The number of halogens is 2. The first-order valence-electron chi connectivity index (χ1n) is 6.66. The molecule has 1 nitrogen and oxygen atoms in total. The van der Waals surface area contributed by atoms with E-state index in [9.17, 15) is 9.18 Å². The zero-order chi connectivity index (χ0) is 12.4. The predicted molar refractivity (Wildman–Crippen MR) is 69.7 cm³/mol. The fourth-order valence-corrected chi connectivity index (χ4v) is 4.92. The van der Waals surface area contributed by atoms with E-state index in [1.54, 1.807) is 18.2 Å². The molecule has 1 aromatic rings. The maximum Gasteiger partial charge on any atom is 0.169 e. The van der Waals surface area contributed by atoms with Crippen LogP contribution in [0.1, 0.15) is 29.6 Å². The molecule has 4 unspecified atom stereocenters. The number of hydrogen-bond donors (Lipinski definition) is 0. The molecule has 0 radical (unpaired) electrons. The minimum Gasteiger partial charge on any atom is -0.294 e. The van der Waals surface area contributed by atoms with Gasteiger partial charge in [0.25, 0.3) is 0 Å². The van der Waals surface area contributed by atoms with Crippen LogP contribution in [0.25, 0.3) is 0 Å². The van der Waals surface area contributed by atoms with E-state index in [1.165, 1.54) is 19.3 Å². The zero-order valence-electron chi connectivity index (χ0n) is 9.90. The SMILES string of the molecule is O=C(c1cccc(Br)c1F)C1C2C3CCC(C3)C12. The highest BCUT2D eigenvalue weighted by Crippen LogP contribution is 2.70. The number of benzene rings is 1. The van der Waals surface area contributed by atoms with Crippen LogP contribution >= 0.6 is 15.9 Å². The normalized spacial score (nSPS) is 39.8. The lowest BCUT2D eigenvalue weighted by atomic mass is 9.96. The summed E-state index contributed by atoms with van der Waals surface area (Å²) in [4.78, 5) is 12.5. The smallest absolute Gasteiger partial charge is 0.169 e. The lowest BCUT2D eigenvalue weighted by Crippen LogP contribution is -2.12. The number of hydrogen-bond acceptors (Lipinski definition) is 1. The van der Waals surface area contributed by atoms with Crippen molar-refractivity contribution in [1.82, 2.24) is 0 Å². The molecule has 3 aliphatic rings. The first-order valence-corrected chi connectivity index (χ1v) is 7.46. The molecular formula is C15H14BrFO. The Morgan fingerprint density at radius 1 is 1.22 bits per heavy atom. The summed E-state index contributed by atoms with van der Waals surface area (Å²) in [5.41, 5.74) is 0.281. The molecule has 18 heavy (non-hydrogen) atoms. The van der Waals surface area contributed by atoms with Gasteiger partial charge in [0.05, 0.1) is 10.0 Å². The Morgan fingerprint density at radius 2 is 1.89 bits per heavy atom. The molecule has 3 aliphatic carbocycles. The van der Waals surface area contributed by atoms with Crippen molar-refractivity contribution in [3.05, 3.63) is 34.1 Å². The molecular weight excluding hydrogens is 295 g/mol. The highest BCUT2D eigenvalue weighted by molar-refractivity contribution is 9.10. The van der Waals surface area contributed by atoms with Gasteiger partial charge in [-0.2, -0.15) is 0 Å². The van der Waals surface area contributed by atoms with E-state index in [0.717, 1.165) is 11.8 Å². The van der Waals surface area contributed by atoms with E-state index < -0.39 is 0 Å². The maximum atomic E-state index is 14.0. The van der Waals surface area contributed by atoms with Gasteiger partial charge in [-0.3, -0.25) is 4.79 Å². The Bertz CT molecular complexity index is 525. The van der Waals surface area contributed by atoms with Crippen molar-refractivity contribution in [3.63, 3.8) is 0 Å². The van der Waals surface area contributed by atoms with Crippen LogP contribution in [0, 0.1) is 35.4 Å². The maximum absolute atomic E-state index is 14.0. The van der Waals surface area contributed by atoms with Gasteiger partial charge in [0.2, 0.25) is 0 Å². The third-order valence-electron chi connectivity index (χ3n) is 5.26. The van der Waals surface area contributed by atoms with Crippen LogP contribution in [0.3, 0.4) is 0 Å². The summed E-state index contributed by atoms with van der Waals surface area (Å²) in [7, 11) is 0. The van der Waals surface area contributed by atoms with Crippen molar-refractivity contribution in [2.45, 2.75) is 19.3 Å². The Balaban J connectivity index is 1.64. The highest BCUT2D eigenvalue weighted by Gasteiger charge is 2.67. The molecule has 0 saturated heterocycles. The van der Waals surface area contributed by atoms with E-state index in [4.69, 9.17) is 0 Å². The highest BCUT2D eigenvalue weighted by atomic mass is 79.9. The summed E-state index contributed by atoms with van der Waals surface area (Å²) in [5.74, 6) is 2.44. The molecule has 4 atom stereocenters. The average Bonchev–Trinajstić information content (AvgIpc) is 2.80. The van der Waals surface area contributed by atoms with Gasteiger partial charge in [-0.05, 0) is 71.0 Å². The minimum atomic E-state index is -0.389. The van der Waals surface area contributed by atoms with Gasteiger partial charge in [-0.25, -0.2) is 4.39 Å². The van der Waals surface area contributed by atoms with Crippen LogP contribution in [0.15, 0.2) is 22.7 Å². The molecule has 4 rings (SSSR count). The first kappa shape index (κ1) is 11.2. The molecule has 0 aliphatic heterocycles. The van der Waals surface area contributed by atoms with Gasteiger partial charge in [0.1, 0.15) is 5.82 Å². The summed E-state index contributed by atoms with van der Waals surface area (Å²) in [5, 5.41) is 0. The Labute approximate surface area is 114 Å². The van der Waals surface area contributed by atoms with Gasteiger partial charge in [-0.15, -0.1) is 0 Å². The fraction of sp³-hybridized carbons (Fsp3) is 0.533. The molecule has 3 saturated carbocycles. The van der Waals surface area contributed by atoms with Crippen molar-refractivity contribution in [1.29, 1.82) is 0 Å². The molecule has 0 N–H and O–H groups in total. The monoisotopic (exact) mass is 308 g/mol. The molecule has 3 heteroatoms. The Hall–Kier alpha value is -0.700. The second-order valence-corrected chi connectivity index (χ2v) is 6.83. The lowest BCUT2D eigenvalue weighted by molar-refractivity contribution is 0.0940. The Morgan fingerprint density at radius 3 is 2.56 bits per heavy atom. The molecule has 1 aromatic carbocycles. The van der Waals surface area contributed by atoms with Crippen LogP contribution in [-0.4, -0.2) is 5.78 Å². The Kier molecular flexibility index (Phi) is 2.27. The predicted octanol–water partition coefficient (Wildman–Crippen LogP) is 4.06. The van der Waals surface area contributed by atoms with E-state index in [1.807, 2.05) is 0 Å². The quantitative estimate of drug-likeness (QED) is 0.753. The lowest BCUT2D eigenvalue weighted by Gasteiger charge is -2.09. The number of rotatable bonds is 2. The molecule has 0 spiro atoms. The van der Waals surface area contributed by atoms with Crippen molar-refractivity contribution >= 4 is 21.7 Å². The third kappa shape index (κ3) is 1.34. The molecule has 0 heterocycles. The molecule has 0 aromatic heterocycles. The zero-order valence-corrected chi connectivity index (χ0v) is 11.5. The van der Waals surface area contributed by atoms with E-state index in [0.29, 0.717) is 16.3 Å². The van der Waals surface area contributed by atoms with Crippen LogP contribution in [0.5, 0.6) is 0 Å². The van der Waals surface area contributed by atoms with Crippen LogP contribution in [0.2, 0.25) is 0 Å². The number of carbonyl (C=O) groups is 1. The summed E-state index contributed by atoms with van der Waals surface area (Å²) < 4.78 is 14.3. The average molecular weight is 309 g/mol. The second kappa shape index (κ2) is 3.66. The molecule has 94 valence electrons. The topological polar surface area (TPSA) is 17.1 Å². The minimum absolute atomic E-state index is 0.0420. The van der Waals surface area contributed by atoms with Crippen molar-refractivity contribution < 1.29 is 9.18 Å². The number of carbonyl (C=O) groups excluding carboxylic acids is 1. The van der Waals surface area contributed by atoms with Crippen molar-refractivity contribution in [2.24, 2.45) is 29.6 Å². The molecule has 2 bridgehead atoms. The number of ketones is 1. The van der Waals surface area contributed by atoms with E-state index in [2.05, 4.69) is 15.9 Å². The second-order valence-electron chi connectivity index (χ2n) is 5.98. The standard InChI is InChI=1S/C15H14BrFO/c16-10-3-1-2-9(14(10)17)15(18)13-11-7-4-5-8(6-7)12(11)13/h1-3,7-8,11-13H,4-6H2. The fourth-order valence-electron chi connectivity index (χ4n) is 4.55. The van der Waals surface area contributed by atoms with Gasteiger partial charge >= 0.3 is 0 Å². The van der Waals surface area contributed by atoms with Crippen LogP contribution in [0.4, 0.5) is 4.39 Å². The van der Waals surface area contributed by atoms with Crippen LogP contribution in [-0.2, 0) is 0 Å². The van der Waals surface area contributed by atoms with E-state index >= 15 is 0 Å². The van der Waals surface area contributed by atoms with Gasteiger partial charge in [0.15, 0.2) is 5.78 Å². The largest absolute Gasteiger partial charge is 0.294 e. The summed E-state index contributed by atoms with van der Waals surface area (Å²) >= 11 is 3.15. The summed E-state index contributed by atoms with van der Waals surface area (Å²) in [6, 6.07) is 5.01. The van der Waals surface area contributed by atoms with E-state index in [-0.39, 0.29) is 23.1 Å². The van der Waals surface area contributed by atoms with Crippen molar-refractivity contribution in [3.8, 4) is 0 Å². The van der Waals surface area contributed by atoms with Gasteiger partial charge in [-0.1, -0.05) is 6.07 Å². The van der Waals surface area contributed by atoms with Crippen molar-refractivity contribution in [2.75, 3.05) is 0 Å². The first-order chi connectivity index (χ1) is 8.68.